The van der Waals surface area contributed by atoms with Crippen molar-refractivity contribution >= 4 is 12.7 Å². The highest BCUT2D eigenvalue weighted by atomic mass is 19.1. The molecule has 114 valence electrons. The van der Waals surface area contributed by atoms with Crippen LogP contribution < -0.4 is 4.74 Å². The van der Waals surface area contributed by atoms with Gasteiger partial charge in [-0.15, -0.1) is 0 Å². The lowest BCUT2D eigenvalue weighted by Crippen LogP contribution is -2.41. The molecule has 0 unspecified atom stereocenters. The number of allylic oxidation sites excluding steroid dienone is 1. The molecule has 1 saturated heterocycles. The van der Waals surface area contributed by atoms with Crippen LogP contribution in [0.3, 0.4) is 0 Å². The second kappa shape index (κ2) is 5.46. The maximum absolute atomic E-state index is 14.7. The van der Waals surface area contributed by atoms with Crippen molar-refractivity contribution < 1.29 is 18.4 Å². The first-order valence-corrected chi connectivity index (χ1v) is 7.04. The molecule has 0 aromatic heterocycles. The van der Waals surface area contributed by atoms with Crippen LogP contribution in [0.2, 0.25) is 0 Å². The van der Waals surface area contributed by atoms with Crippen LogP contribution in [0.1, 0.15) is 40.2 Å². The molecule has 2 rings (SSSR count). The fourth-order valence-corrected chi connectivity index (χ4v) is 2.10. The van der Waals surface area contributed by atoms with Gasteiger partial charge in [0, 0.05) is 0 Å². The zero-order valence-electron chi connectivity index (χ0n) is 13.5. The van der Waals surface area contributed by atoms with E-state index in [1.165, 1.54) is 0 Å². The summed E-state index contributed by atoms with van der Waals surface area (Å²) in [6, 6.07) is 7.24. The van der Waals surface area contributed by atoms with Gasteiger partial charge in [-0.2, -0.15) is 0 Å². The Labute approximate surface area is 126 Å². The van der Waals surface area contributed by atoms with Gasteiger partial charge in [-0.25, -0.2) is 4.39 Å². The van der Waals surface area contributed by atoms with Crippen molar-refractivity contribution in [3.8, 4) is 5.75 Å². The molecule has 1 aliphatic rings. The molecule has 0 saturated carbocycles. The predicted octanol–water partition coefficient (Wildman–Crippen LogP) is 4.03. The molecule has 0 bridgehead atoms. The topological polar surface area (TPSA) is 27.7 Å². The molecule has 1 heterocycles. The summed E-state index contributed by atoms with van der Waals surface area (Å²) in [5.74, 6) is 0.739. The summed E-state index contributed by atoms with van der Waals surface area (Å²) in [4.78, 5) is 0. The zero-order chi connectivity index (χ0) is 15.8. The Kier molecular flexibility index (Phi) is 4.18. The molecule has 0 N–H and O–H groups in total. The summed E-state index contributed by atoms with van der Waals surface area (Å²) in [5.41, 5.74) is -0.192. The molecule has 1 aromatic rings. The van der Waals surface area contributed by atoms with Gasteiger partial charge in [0.1, 0.15) is 11.5 Å². The monoisotopic (exact) mass is 292 g/mol. The molecule has 1 aromatic carbocycles. The predicted molar refractivity (Wildman–Crippen MR) is 82.8 cm³/mol. The van der Waals surface area contributed by atoms with Gasteiger partial charge in [-0.05, 0) is 57.9 Å². The van der Waals surface area contributed by atoms with Crippen LogP contribution in [0.5, 0.6) is 5.75 Å². The number of ether oxygens (including phenoxy) is 1. The van der Waals surface area contributed by atoms with Gasteiger partial charge >= 0.3 is 7.12 Å². The Balaban J connectivity index is 2.27. The number of hydrogen-bond donors (Lipinski definition) is 0. The van der Waals surface area contributed by atoms with Crippen molar-refractivity contribution in [3.05, 3.63) is 35.6 Å². The third-order valence-electron chi connectivity index (χ3n) is 4.34. The van der Waals surface area contributed by atoms with E-state index in [0.717, 1.165) is 11.3 Å². The van der Waals surface area contributed by atoms with E-state index >= 15 is 0 Å². The van der Waals surface area contributed by atoms with Crippen molar-refractivity contribution in [2.45, 2.75) is 45.8 Å². The molecule has 5 heteroatoms. The summed E-state index contributed by atoms with van der Waals surface area (Å²) in [6.45, 7) is 9.35. The quantitative estimate of drug-likeness (QED) is 0.787. The molecular formula is C16H22BFO3. The van der Waals surface area contributed by atoms with Gasteiger partial charge in [-0.3, -0.25) is 0 Å². The molecule has 0 aliphatic carbocycles. The summed E-state index contributed by atoms with van der Waals surface area (Å²) in [7, 11) is 0.639. The van der Waals surface area contributed by atoms with Crippen LogP contribution in [-0.2, 0) is 9.31 Å². The van der Waals surface area contributed by atoms with Crippen LogP contribution in [0.25, 0.3) is 5.57 Å². The maximum Gasteiger partial charge on any atom is 0.525 e. The lowest BCUT2D eigenvalue weighted by Gasteiger charge is -2.32. The molecule has 0 atom stereocenters. The number of methoxy groups -OCH3 is 1. The first kappa shape index (κ1) is 16.1. The SMILES string of the molecule is COc1ccc(C(C)=C(F)B2OC(C)(C)C(C)(C)O2)cc1. The molecule has 1 aliphatic heterocycles. The Morgan fingerprint density at radius 1 is 1.05 bits per heavy atom. The standard InChI is InChI=1S/C16H22BFO3/c1-11(12-7-9-13(19-6)10-8-12)14(18)17-20-15(2,3)16(4,5)21-17/h7-10H,1-6H3. The van der Waals surface area contributed by atoms with E-state index in [-0.39, 0.29) is 5.73 Å². The molecule has 0 spiro atoms. The minimum Gasteiger partial charge on any atom is -0.497 e. The number of rotatable bonds is 3. The van der Waals surface area contributed by atoms with E-state index in [1.54, 1.807) is 26.2 Å². The van der Waals surface area contributed by atoms with E-state index in [1.807, 2.05) is 39.8 Å². The third kappa shape index (κ3) is 2.99. The molecule has 0 amide bonds. The van der Waals surface area contributed by atoms with Crippen LogP contribution in [0.15, 0.2) is 30.0 Å². The first-order chi connectivity index (χ1) is 9.68. The highest BCUT2D eigenvalue weighted by molar-refractivity contribution is 6.55. The molecular weight excluding hydrogens is 270 g/mol. The van der Waals surface area contributed by atoms with Gasteiger partial charge in [0.15, 0.2) is 0 Å². The minimum atomic E-state index is -0.961. The van der Waals surface area contributed by atoms with Gasteiger partial charge in [0.25, 0.3) is 0 Å². The highest BCUT2D eigenvalue weighted by Gasteiger charge is 2.53. The van der Waals surface area contributed by atoms with Crippen LogP contribution in [-0.4, -0.2) is 25.4 Å². The van der Waals surface area contributed by atoms with Gasteiger partial charge in [0.2, 0.25) is 0 Å². The van der Waals surface area contributed by atoms with E-state index < -0.39 is 18.3 Å². The average molecular weight is 292 g/mol. The number of benzene rings is 1. The molecule has 21 heavy (non-hydrogen) atoms. The number of hydrogen-bond acceptors (Lipinski definition) is 3. The third-order valence-corrected chi connectivity index (χ3v) is 4.34. The van der Waals surface area contributed by atoms with Crippen molar-refractivity contribution in [1.29, 1.82) is 0 Å². The summed E-state index contributed by atoms with van der Waals surface area (Å²) in [6.07, 6.45) is 0. The van der Waals surface area contributed by atoms with Crippen molar-refractivity contribution in [2.24, 2.45) is 0 Å². The Bertz CT molecular complexity index is 533. The Morgan fingerprint density at radius 2 is 1.52 bits per heavy atom. The zero-order valence-corrected chi connectivity index (χ0v) is 13.5. The fraction of sp³-hybridized carbons (Fsp3) is 0.500. The largest absolute Gasteiger partial charge is 0.525 e. The first-order valence-electron chi connectivity index (χ1n) is 7.04. The summed E-state index contributed by atoms with van der Waals surface area (Å²) >= 11 is 0. The Hall–Kier alpha value is -1.33. The van der Waals surface area contributed by atoms with Crippen molar-refractivity contribution in [2.75, 3.05) is 7.11 Å². The van der Waals surface area contributed by atoms with Crippen molar-refractivity contribution in [1.82, 2.24) is 0 Å². The Morgan fingerprint density at radius 3 is 1.95 bits per heavy atom. The second-order valence-electron chi connectivity index (χ2n) is 6.29. The average Bonchev–Trinajstić information content (AvgIpc) is 2.66. The van der Waals surface area contributed by atoms with Crippen molar-refractivity contribution in [3.63, 3.8) is 0 Å². The van der Waals surface area contributed by atoms with Crippen LogP contribution in [0.4, 0.5) is 4.39 Å². The molecule has 3 nitrogen and oxygen atoms in total. The maximum atomic E-state index is 14.7. The van der Waals surface area contributed by atoms with E-state index in [9.17, 15) is 4.39 Å². The van der Waals surface area contributed by atoms with Crippen LogP contribution in [0, 0.1) is 0 Å². The van der Waals surface area contributed by atoms with E-state index in [2.05, 4.69) is 0 Å². The van der Waals surface area contributed by atoms with Gasteiger partial charge in [-0.1, -0.05) is 12.1 Å². The van der Waals surface area contributed by atoms with Crippen LogP contribution >= 0.6 is 0 Å². The van der Waals surface area contributed by atoms with Gasteiger partial charge in [0.05, 0.1) is 18.3 Å². The van der Waals surface area contributed by atoms with Gasteiger partial charge < -0.3 is 14.0 Å². The van der Waals surface area contributed by atoms with E-state index in [4.69, 9.17) is 14.0 Å². The lowest BCUT2D eigenvalue weighted by atomic mass is 9.83. The fourth-order valence-electron chi connectivity index (χ4n) is 2.10. The second-order valence-corrected chi connectivity index (χ2v) is 6.29. The number of halogens is 1. The summed E-state index contributed by atoms with van der Waals surface area (Å²) in [5, 5.41) is 0. The highest BCUT2D eigenvalue weighted by Crippen LogP contribution is 2.40. The molecule has 1 fully saturated rings. The smallest absolute Gasteiger partial charge is 0.497 e. The summed E-state index contributed by atoms with van der Waals surface area (Å²) < 4.78 is 31.2. The molecule has 0 radical (unpaired) electrons. The van der Waals surface area contributed by atoms with E-state index in [0.29, 0.717) is 5.57 Å². The lowest BCUT2D eigenvalue weighted by molar-refractivity contribution is 0.00578. The minimum absolute atomic E-state index is 0.390. The normalized spacial score (nSPS) is 21.2.